The van der Waals surface area contributed by atoms with Gasteiger partial charge in [0.1, 0.15) is 6.04 Å². The smallest absolute Gasteiger partial charge is 0.262 e. The van der Waals surface area contributed by atoms with Crippen molar-refractivity contribution in [2.24, 2.45) is 5.92 Å². The number of likely N-dealkylation sites (tertiary alicyclic amines) is 1. The van der Waals surface area contributed by atoms with Crippen molar-refractivity contribution < 1.29 is 19.1 Å². The highest BCUT2D eigenvalue weighted by Crippen LogP contribution is 2.23. The monoisotopic (exact) mass is 429 g/mol. The van der Waals surface area contributed by atoms with E-state index in [1.54, 1.807) is 19.2 Å². The topological polar surface area (TPSA) is 87.7 Å². The molecular formula is C22H27N3O4S. The number of piperidine rings is 1. The van der Waals surface area contributed by atoms with Gasteiger partial charge in [-0.15, -0.1) is 11.3 Å². The molecule has 0 radical (unpaired) electrons. The van der Waals surface area contributed by atoms with E-state index >= 15 is 0 Å². The normalized spacial score (nSPS) is 15.4. The number of carbonyl (C=O) groups excluding carboxylic acids is 3. The first-order valence-electron chi connectivity index (χ1n) is 10.1. The van der Waals surface area contributed by atoms with Crippen LogP contribution in [0.2, 0.25) is 0 Å². The quantitative estimate of drug-likeness (QED) is 0.630. The number of amides is 3. The minimum atomic E-state index is -0.648. The van der Waals surface area contributed by atoms with Crippen molar-refractivity contribution in [1.82, 2.24) is 15.5 Å². The van der Waals surface area contributed by atoms with Crippen molar-refractivity contribution in [2.75, 3.05) is 33.4 Å². The molecule has 1 aromatic carbocycles. The maximum atomic E-state index is 12.8. The Morgan fingerprint density at radius 2 is 1.87 bits per heavy atom. The average Bonchev–Trinajstić information content (AvgIpc) is 3.33. The van der Waals surface area contributed by atoms with Crippen molar-refractivity contribution in [1.29, 1.82) is 0 Å². The Morgan fingerprint density at radius 3 is 2.50 bits per heavy atom. The summed E-state index contributed by atoms with van der Waals surface area (Å²) in [6, 6.07) is 12.1. The lowest BCUT2D eigenvalue weighted by Gasteiger charge is -2.35. The van der Waals surface area contributed by atoms with Crippen molar-refractivity contribution in [3.05, 3.63) is 58.3 Å². The first-order valence-corrected chi connectivity index (χ1v) is 10.9. The van der Waals surface area contributed by atoms with Crippen LogP contribution < -0.4 is 10.6 Å². The molecule has 0 saturated carbocycles. The van der Waals surface area contributed by atoms with Gasteiger partial charge in [0, 0.05) is 32.3 Å². The minimum Gasteiger partial charge on any atom is -0.383 e. The van der Waals surface area contributed by atoms with Gasteiger partial charge < -0.3 is 20.3 Å². The summed E-state index contributed by atoms with van der Waals surface area (Å²) in [6.07, 6.45) is 1.29. The van der Waals surface area contributed by atoms with Crippen LogP contribution in [-0.4, -0.2) is 62.0 Å². The fraction of sp³-hybridized carbons (Fsp3) is 0.409. The van der Waals surface area contributed by atoms with Crippen LogP contribution in [0.25, 0.3) is 0 Å². The van der Waals surface area contributed by atoms with Crippen LogP contribution in [0.15, 0.2) is 47.8 Å². The maximum Gasteiger partial charge on any atom is 0.262 e. The molecule has 0 spiro atoms. The third-order valence-corrected chi connectivity index (χ3v) is 6.11. The van der Waals surface area contributed by atoms with Gasteiger partial charge in [0.2, 0.25) is 5.91 Å². The zero-order chi connectivity index (χ0) is 21.3. The number of nitrogens with one attached hydrogen (secondary N) is 2. The molecule has 160 valence electrons. The molecule has 1 saturated heterocycles. The lowest BCUT2D eigenvalue weighted by atomic mass is 9.88. The van der Waals surface area contributed by atoms with Crippen molar-refractivity contribution in [3.63, 3.8) is 0 Å². The molecule has 1 aliphatic heterocycles. The predicted octanol–water partition coefficient (Wildman–Crippen LogP) is 2.16. The second kappa shape index (κ2) is 10.9. The van der Waals surface area contributed by atoms with Crippen LogP contribution in [0.1, 0.15) is 32.9 Å². The van der Waals surface area contributed by atoms with E-state index in [0.717, 1.165) is 0 Å². The summed E-state index contributed by atoms with van der Waals surface area (Å²) in [6.45, 7) is 1.89. The summed E-state index contributed by atoms with van der Waals surface area (Å²) in [5.41, 5.74) is 0.663. The number of hydrogen-bond acceptors (Lipinski definition) is 5. The zero-order valence-corrected chi connectivity index (χ0v) is 17.8. The van der Waals surface area contributed by atoms with Crippen molar-refractivity contribution in [2.45, 2.75) is 18.9 Å². The van der Waals surface area contributed by atoms with E-state index in [0.29, 0.717) is 49.5 Å². The molecule has 8 heteroatoms. The number of thiophene rings is 1. The molecular weight excluding hydrogens is 402 g/mol. The molecule has 2 heterocycles. The molecule has 7 nitrogen and oxygen atoms in total. The van der Waals surface area contributed by atoms with E-state index in [1.807, 2.05) is 40.6 Å². The van der Waals surface area contributed by atoms with Crippen LogP contribution in [0.4, 0.5) is 0 Å². The number of benzene rings is 1. The van der Waals surface area contributed by atoms with Crippen LogP contribution in [0.3, 0.4) is 0 Å². The Labute approximate surface area is 180 Å². The van der Waals surface area contributed by atoms with E-state index in [1.165, 1.54) is 11.3 Å². The van der Waals surface area contributed by atoms with Crippen molar-refractivity contribution in [3.8, 4) is 0 Å². The van der Waals surface area contributed by atoms with Crippen LogP contribution in [0.5, 0.6) is 0 Å². The van der Waals surface area contributed by atoms with Gasteiger partial charge in [0.25, 0.3) is 11.8 Å². The molecule has 30 heavy (non-hydrogen) atoms. The first-order chi connectivity index (χ1) is 14.6. The second-order valence-electron chi connectivity index (χ2n) is 7.21. The average molecular weight is 430 g/mol. The minimum absolute atomic E-state index is 0.00207. The maximum absolute atomic E-state index is 12.8. The Bertz CT molecular complexity index is 833. The van der Waals surface area contributed by atoms with Gasteiger partial charge in [-0.2, -0.15) is 0 Å². The SMILES string of the molecule is COCCNC(=O)C(NC(=O)c1cccs1)C1CCN(C(=O)c2ccccc2)CC1. The van der Waals surface area contributed by atoms with E-state index in [4.69, 9.17) is 4.74 Å². The summed E-state index contributed by atoms with van der Waals surface area (Å²) in [4.78, 5) is 40.4. The van der Waals surface area contributed by atoms with E-state index < -0.39 is 6.04 Å². The standard InChI is InChI=1S/C22H27N3O4S/c1-29-14-11-23-21(27)19(24-20(26)18-8-5-15-30-18)16-9-12-25(13-10-16)22(28)17-6-3-2-4-7-17/h2-8,15-16,19H,9-14H2,1H3,(H,23,27)(H,24,26). The fourth-order valence-corrected chi connectivity index (χ4v) is 4.23. The molecule has 1 unspecified atom stereocenters. The van der Waals surface area contributed by atoms with Gasteiger partial charge in [-0.25, -0.2) is 0 Å². The number of nitrogens with zero attached hydrogens (tertiary/aromatic N) is 1. The highest BCUT2D eigenvalue weighted by atomic mass is 32.1. The Morgan fingerprint density at radius 1 is 1.13 bits per heavy atom. The van der Waals surface area contributed by atoms with Gasteiger partial charge in [-0.1, -0.05) is 24.3 Å². The highest BCUT2D eigenvalue weighted by molar-refractivity contribution is 7.12. The molecule has 3 amide bonds. The third kappa shape index (κ3) is 5.67. The van der Waals surface area contributed by atoms with Gasteiger partial charge >= 0.3 is 0 Å². The van der Waals surface area contributed by atoms with Crippen LogP contribution in [0, 0.1) is 5.92 Å². The molecule has 0 bridgehead atoms. The summed E-state index contributed by atoms with van der Waals surface area (Å²) < 4.78 is 5.00. The number of carbonyl (C=O) groups is 3. The largest absolute Gasteiger partial charge is 0.383 e. The second-order valence-corrected chi connectivity index (χ2v) is 8.16. The Balaban J connectivity index is 1.64. The van der Waals surface area contributed by atoms with Crippen molar-refractivity contribution >= 4 is 29.1 Å². The van der Waals surface area contributed by atoms with Gasteiger partial charge in [-0.05, 0) is 42.3 Å². The molecule has 1 atom stereocenters. The molecule has 2 aromatic rings. The number of hydrogen-bond donors (Lipinski definition) is 2. The Kier molecular flexibility index (Phi) is 7.98. The fourth-order valence-electron chi connectivity index (χ4n) is 3.60. The van der Waals surface area contributed by atoms with E-state index in [9.17, 15) is 14.4 Å². The van der Waals surface area contributed by atoms with Gasteiger partial charge in [0.05, 0.1) is 11.5 Å². The molecule has 0 aliphatic carbocycles. The predicted molar refractivity (Wildman–Crippen MR) is 116 cm³/mol. The van der Waals surface area contributed by atoms with Crippen LogP contribution >= 0.6 is 11.3 Å². The summed E-state index contributed by atoms with van der Waals surface area (Å²) in [7, 11) is 1.57. The highest BCUT2D eigenvalue weighted by Gasteiger charge is 2.34. The van der Waals surface area contributed by atoms with E-state index in [-0.39, 0.29) is 23.6 Å². The molecule has 2 N–H and O–H groups in total. The summed E-state index contributed by atoms with van der Waals surface area (Å²) in [5.74, 6) is -0.515. The number of methoxy groups -OCH3 is 1. The molecule has 1 fully saturated rings. The number of ether oxygens (including phenoxy) is 1. The van der Waals surface area contributed by atoms with E-state index in [2.05, 4.69) is 10.6 Å². The molecule has 1 aromatic heterocycles. The summed E-state index contributed by atoms with van der Waals surface area (Å²) in [5, 5.41) is 7.57. The summed E-state index contributed by atoms with van der Waals surface area (Å²) >= 11 is 1.34. The van der Waals surface area contributed by atoms with Gasteiger partial charge in [0.15, 0.2) is 0 Å². The molecule has 3 rings (SSSR count). The Hall–Kier alpha value is -2.71. The van der Waals surface area contributed by atoms with Crippen LogP contribution in [-0.2, 0) is 9.53 Å². The lowest BCUT2D eigenvalue weighted by Crippen LogP contribution is -2.54. The third-order valence-electron chi connectivity index (χ3n) is 5.24. The first kappa shape index (κ1) is 22.0. The van der Waals surface area contributed by atoms with Gasteiger partial charge in [-0.3, -0.25) is 14.4 Å². The number of rotatable bonds is 8. The molecule has 1 aliphatic rings. The lowest BCUT2D eigenvalue weighted by molar-refractivity contribution is -0.124. The zero-order valence-electron chi connectivity index (χ0n) is 17.0.